The van der Waals surface area contributed by atoms with Gasteiger partial charge in [-0.15, -0.1) is 0 Å². The van der Waals surface area contributed by atoms with E-state index in [1.807, 2.05) is 12.1 Å². The first-order valence-electron chi connectivity index (χ1n) is 5.66. The number of aromatic nitrogens is 2. The molecule has 0 saturated heterocycles. The largest absolute Gasteiger partial charge is 0.373 e. The molecule has 98 valence electrons. The van der Waals surface area contributed by atoms with E-state index >= 15 is 0 Å². The van der Waals surface area contributed by atoms with Crippen molar-refractivity contribution in [1.29, 1.82) is 0 Å². The monoisotopic (exact) mass is 259 g/mol. The Bertz CT molecular complexity index is 574. The van der Waals surface area contributed by atoms with E-state index in [4.69, 9.17) is 0 Å². The normalized spacial score (nSPS) is 9.95. The summed E-state index contributed by atoms with van der Waals surface area (Å²) < 4.78 is 0. The summed E-state index contributed by atoms with van der Waals surface area (Å²) in [6.45, 7) is 0.425. The standard InChI is InChI=1S/C12H13N5O2/c1-13-11-5-4-10(17(18)19)12(16-11)15-8-9-3-2-6-14-7-9/h2-7H,8H2,1H3,(H2,13,15,16). The van der Waals surface area contributed by atoms with Crippen molar-refractivity contribution in [2.45, 2.75) is 6.54 Å². The minimum atomic E-state index is -0.460. The van der Waals surface area contributed by atoms with Gasteiger partial charge < -0.3 is 10.6 Å². The molecule has 2 rings (SSSR count). The van der Waals surface area contributed by atoms with Crippen LogP contribution in [0.2, 0.25) is 0 Å². The molecule has 0 aliphatic heterocycles. The molecule has 2 heterocycles. The van der Waals surface area contributed by atoms with Crippen molar-refractivity contribution in [3.05, 3.63) is 52.3 Å². The molecule has 0 atom stereocenters. The van der Waals surface area contributed by atoms with Crippen molar-refractivity contribution in [3.8, 4) is 0 Å². The van der Waals surface area contributed by atoms with Crippen LogP contribution in [0.3, 0.4) is 0 Å². The lowest BCUT2D eigenvalue weighted by atomic mass is 10.3. The van der Waals surface area contributed by atoms with E-state index in [0.717, 1.165) is 5.56 Å². The topological polar surface area (TPSA) is 93.0 Å². The number of nitrogens with zero attached hydrogens (tertiary/aromatic N) is 3. The number of pyridine rings is 2. The lowest BCUT2D eigenvalue weighted by Gasteiger charge is -2.07. The van der Waals surface area contributed by atoms with Crippen molar-refractivity contribution >= 4 is 17.3 Å². The molecule has 0 radical (unpaired) electrons. The van der Waals surface area contributed by atoms with Crippen LogP contribution in [0.5, 0.6) is 0 Å². The van der Waals surface area contributed by atoms with Crippen LogP contribution in [-0.2, 0) is 6.54 Å². The minimum absolute atomic E-state index is 0.0529. The zero-order chi connectivity index (χ0) is 13.7. The molecule has 0 bridgehead atoms. The highest BCUT2D eigenvalue weighted by molar-refractivity contribution is 5.60. The Balaban J connectivity index is 2.20. The molecule has 2 aromatic rings. The molecule has 2 aromatic heterocycles. The van der Waals surface area contributed by atoms with Gasteiger partial charge in [0, 0.05) is 32.1 Å². The average Bonchev–Trinajstić information content (AvgIpc) is 2.45. The molecule has 0 spiro atoms. The maximum atomic E-state index is 10.9. The second-order valence-electron chi connectivity index (χ2n) is 3.79. The summed E-state index contributed by atoms with van der Waals surface area (Å²) >= 11 is 0. The summed E-state index contributed by atoms with van der Waals surface area (Å²) in [6.07, 6.45) is 3.37. The van der Waals surface area contributed by atoms with Gasteiger partial charge >= 0.3 is 5.69 Å². The van der Waals surface area contributed by atoms with E-state index in [0.29, 0.717) is 12.4 Å². The molecule has 0 unspecified atom stereocenters. The molecule has 0 aliphatic rings. The molecular weight excluding hydrogens is 246 g/mol. The third-order valence-corrected chi connectivity index (χ3v) is 2.51. The van der Waals surface area contributed by atoms with Gasteiger partial charge in [-0.1, -0.05) is 6.07 Å². The molecular formula is C12H13N5O2. The molecule has 19 heavy (non-hydrogen) atoms. The van der Waals surface area contributed by atoms with Gasteiger partial charge in [-0.2, -0.15) is 0 Å². The van der Waals surface area contributed by atoms with E-state index < -0.39 is 4.92 Å². The number of nitro groups is 1. The summed E-state index contributed by atoms with van der Waals surface area (Å²) in [5.41, 5.74) is 0.872. The first kappa shape index (κ1) is 12.7. The molecule has 0 amide bonds. The second-order valence-corrected chi connectivity index (χ2v) is 3.79. The third-order valence-electron chi connectivity index (χ3n) is 2.51. The second kappa shape index (κ2) is 5.76. The van der Waals surface area contributed by atoms with Crippen LogP contribution in [0.25, 0.3) is 0 Å². The predicted octanol–water partition coefficient (Wildman–Crippen LogP) is 2.04. The summed E-state index contributed by atoms with van der Waals surface area (Å²) in [4.78, 5) is 18.6. The Hall–Kier alpha value is -2.70. The van der Waals surface area contributed by atoms with Crippen LogP contribution in [-0.4, -0.2) is 21.9 Å². The Labute approximate surface area is 109 Å². The molecule has 0 saturated carbocycles. The van der Waals surface area contributed by atoms with Gasteiger partial charge in [0.05, 0.1) is 4.92 Å². The van der Waals surface area contributed by atoms with Gasteiger partial charge in [-0.05, 0) is 17.7 Å². The zero-order valence-electron chi connectivity index (χ0n) is 10.3. The Kier molecular flexibility index (Phi) is 3.87. The number of anilines is 2. The summed E-state index contributed by atoms with van der Waals surface area (Å²) in [5.74, 6) is 0.806. The summed E-state index contributed by atoms with van der Waals surface area (Å²) in [5, 5.41) is 16.7. The molecule has 7 nitrogen and oxygen atoms in total. The van der Waals surface area contributed by atoms with E-state index in [1.165, 1.54) is 6.07 Å². The fraction of sp³-hybridized carbons (Fsp3) is 0.167. The van der Waals surface area contributed by atoms with Gasteiger partial charge in [0.2, 0.25) is 5.82 Å². The van der Waals surface area contributed by atoms with Crippen molar-refractivity contribution in [3.63, 3.8) is 0 Å². The Morgan fingerprint density at radius 2 is 2.21 bits per heavy atom. The SMILES string of the molecule is CNc1ccc([N+](=O)[O-])c(NCc2cccnc2)n1. The van der Waals surface area contributed by atoms with Crippen LogP contribution >= 0.6 is 0 Å². The van der Waals surface area contributed by atoms with Crippen LogP contribution in [0.1, 0.15) is 5.56 Å². The zero-order valence-corrected chi connectivity index (χ0v) is 10.3. The first-order valence-corrected chi connectivity index (χ1v) is 5.66. The van der Waals surface area contributed by atoms with E-state index in [1.54, 1.807) is 25.5 Å². The molecule has 0 fully saturated rings. The molecule has 0 aliphatic carbocycles. The van der Waals surface area contributed by atoms with Crippen LogP contribution in [0, 0.1) is 10.1 Å². The van der Waals surface area contributed by atoms with Crippen LogP contribution in [0.4, 0.5) is 17.3 Å². The molecule has 0 aromatic carbocycles. The number of hydrogen-bond acceptors (Lipinski definition) is 6. The summed E-state index contributed by atoms with van der Waals surface area (Å²) in [6, 6.07) is 6.68. The van der Waals surface area contributed by atoms with Gasteiger partial charge in [-0.3, -0.25) is 15.1 Å². The molecule has 7 heteroatoms. The van der Waals surface area contributed by atoms with Crippen molar-refractivity contribution in [2.24, 2.45) is 0 Å². The fourth-order valence-corrected chi connectivity index (χ4v) is 1.56. The lowest BCUT2D eigenvalue weighted by molar-refractivity contribution is -0.384. The van der Waals surface area contributed by atoms with Gasteiger partial charge in [0.1, 0.15) is 5.82 Å². The highest BCUT2D eigenvalue weighted by Crippen LogP contribution is 2.24. The van der Waals surface area contributed by atoms with Crippen LogP contribution in [0.15, 0.2) is 36.7 Å². The Morgan fingerprint density at radius 3 is 2.84 bits per heavy atom. The number of hydrogen-bond donors (Lipinski definition) is 2. The van der Waals surface area contributed by atoms with Crippen LogP contribution < -0.4 is 10.6 Å². The smallest absolute Gasteiger partial charge is 0.311 e. The van der Waals surface area contributed by atoms with Gasteiger partial charge in [-0.25, -0.2) is 4.98 Å². The highest BCUT2D eigenvalue weighted by Gasteiger charge is 2.15. The highest BCUT2D eigenvalue weighted by atomic mass is 16.6. The minimum Gasteiger partial charge on any atom is -0.373 e. The fourth-order valence-electron chi connectivity index (χ4n) is 1.56. The number of rotatable bonds is 5. The quantitative estimate of drug-likeness (QED) is 0.630. The van der Waals surface area contributed by atoms with E-state index in [9.17, 15) is 10.1 Å². The maximum absolute atomic E-state index is 10.9. The van der Waals surface area contributed by atoms with E-state index in [-0.39, 0.29) is 11.5 Å². The number of nitrogens with one attached hydrogen (secondary N) is 2. The maximum Gasteiger partial charge on any atom is 0.311 e. The molecule has 2 N–H and O–H groups in total. The third kappa shape index (κ3) is 3.15. The lowest BCUT2D eigenvalue weighted by Crippen LogP contribution is -2.06. The average molecular weight is 259 g/mol. The first-order chi connectivity index (χ1) is 9.20. The summed E-state index contributed by atoms with van der Waals surface area (Å²) in [7, 11) is 1.71. The van der Waals surface area contributed by atoms with Crippen molar-refractivity contribution < 1.29 is 4.92 Å². The van der Waals surface area contributed by atoms with E-state index in [2.05, 4.69) is 20.6 Å². The van der Waals surface area contributed by atoms with Crippen molar-refractivity contribution in [2.75, 3.05) is 17.7 Å². The predicted molar refractivity (Wildman–Crippen MR) is 72.0 cm³/mol. The van der Waals surface area contributed by atoms with Gasteiger partial charge in [0.15, 0.2) is 0 Å². The van der Waals surface area contributed by atoms with Crippen molar-refractivity contribution in [1.82, 2.24) is 9.97 Å². The Morgan fingerprint density at radius 1 is 1.37 bits per heavy atom. The van der Waals surface area contributed by atoms with Gasteiger partial charge in [0.25, 0.3) is 0 Å².